The Morgan fingerprint density at radius 2 is 1.96 bits per heavy atom. The number of ketones is 1. The van der Waals surface area contributed by atoms with Crippen LogP contribution in [-0.4, -0.2) is 30.1 Å². The fraction of sp³-hybridized carbons (Fsp3) is 0.684. The SMILES string of the molecule is CC1=CC(=O)C=C2CC[C@]34C(=O)O[C@H]5[C@H](O[C@H]6[C@@H]1[C@H]2[C@@H]3[C@@H]56)[C@H]4C. The fourth-order valence-electron chi connectivity index (χ4n) is 7.25. The van der Waals surface area contributed by atoms with Crippen molar-refractivity contribution in [1.29, 1.82) is 0 Å². The highest BCUT2D eigenvalue weighted by molar-refractivity contribution is 6.01. The maximum atomic E-state index is 12.9. The van der Waals surface area contributed by atoms with E-state index in [1.807, 2.05) is 6.08 Å². The minimum Gasteiger partial charge on any atom is -0.459 e. The number of allylic oxidation sites excluding steroid dienone is 3. The molecule has 4 nitrogen and oxygen atoms in total. The number of fused-ring (bicyclic) bond motifs is 2. The molecule has 7 rings (SSSR count). The summed E-state index contributed by atoms with van der Waals surface area (Å²) in [6, 6.07) is 0. The average Bonchev–Trinajstić information content (AvgIpc) is 2.95. The molecular weight excluding hydrogens is 292 g/mol. The van der Waals surface area contributed by atoms with E-state index >= 15 is 0 Å². The summed E-state index contributed by atoms with van der Waals surface area (Å²) < 4.78 is 12.4. The second kappa shape index (κ2) is 3.64. The Kier molecular flexibility index (Phi) is 2.05. The predicted molar refractivity (Wildman–Crippen MR) is 80.2 cm³/mol. The maximum absolute atomic E-state index is 12.9. The van der Waals surface area contributed by atoms with Crippen molar-refractivity contribution in [2.45, 2.75) is 45.0 Å². The molecule has 0 amide bonds. The molecule has 3 aliphatic heterocycles. The zero-order valence-corrected chi connectivity index (χ0v) is 13.3. The molecule has 3 saturated carbocycles. The van der Waals surface area contributed by atoms with Gasteiger partial charge in [0.05, 0.1) is 17.6 Å². The van der Waals surface area contributed by atoms with Crippen molar-refractivity contribution < 1.29 is 19.1 Å². The molecule has 4 aliphatic carbocycles. The van der Waals surface area contributed by atoms with Crippen molar-refractivity contribution >= 4 is 11.8 Å². The summed E-state index contributed by atoms with van der Waals surface area (Å²) in [5.74, 6) is 1.50. The number of esters is 1. The summed E-state index contributed by atoms with van der Waals surface area (Å²) in [6.07, 6.45) is 5.39. The Balaban J connectivity index is 1.64. The summed E-state index contributed by atoms with van der Waals surface area (Å²) in [4.78, 5) is 25.1. The number of ether oxygens (including phenoxy) is 2. The van der Waals surface area contributed by atoms with E-state index in [4.69, 9.17) is 9.47 Å². The van der Waals surface area contributed by atoms with Gasteiger partial charge in [0.1, 0.15) is 6.10 Å². The lowest BCUT2D eigenvalue weighted by Gasteiger charge is -2.59. The second-order valence-electron chi connectivity index (χ2n) is 8.43. The van der Waals surface area contributed by atoms with Gasteiger partial charge >= 0.3 is 5.97 Å². The number of carbonyl (C=O) groups excluding carboxylic acids is 2. The van der Waals surface area contributed by atoms with Crippen LogP contribution < -0.4 is 0 Å². The summed E-state index contributed by atoms with van der Waals surface area (Å²) in [7, 11) is 0. The first-order valence-corrected chi connectivity index (χ1v) is 8.83. The van der Waals surface area contributed by atoms with Gasteiger partial charge in [0.15, 0.2) is 5.78 Å². The first-order chi connectivity index (χ1) is 11.0. The van der Waals surface area contributed by atoms with E-state index < -0.39 is 0 Å². The Morgan fingerprint density at radius 3 is 2.78 bits per heavy atom. The van der Waals surface area contributed by atoms with Crippen LogP contribution in [0.5, 0.6) is 0 Å². The molecule has 7 aliphatic rings. The lowest BCUT2D eigenvalue weighted by atomic mass is 9.47. The van der Waals surface area contributed by atoms with Gasteiger partial charge in [0, 0.05) is 17.8 Å². The van der Waals surface area contributed by atoms with E-state index in [0.717, 1.165) is 18.4 Å². The standard InChI is InChI=1S/C19H20O4/c1-7-5-10(20)6-9-3-4-19-8(2)15-17(23-18(19)21)13-14(19)12(9)11(7)16(13)22-15/h5-6,8,11-17H,3-4H2,1-2H3/t8-,11+,12+,13-,14-,15-,16+,17-,19-/m1/s1. The fourth-order valence-corrected chi connectivity index (χ4v) is 7.25. The zero-order chi connectivity index (χ0) is 15.7. The minimum atomic E-state index is -0.386. The van der Waals surface area contributed by atoms with Gasteiger partial charge in [-0.05, 0) is 43.8 Å². The van der Waals surface area contributed by atoms with Gasteiger partial charge in [-0.2, -0.15) is 0 Å². The van der Waals surface area contributed by atoms with Crippen molar-refractivity contribution in [3.63, 3.8) is 0 Å². The molecule has 120 valence electrons. The largest absolute Gasteiger partial charge is 0.459 e. The van der Waals surface area contributed by atoms with Gasteiger partial charge in [0.25, 0.3) is 0 Å². The third-order valence-electron chi connectivity index (χ3n) is 7.94. The Morgan fingerprint density at radius 1 is 1.13 bits per heavy atom. The summed E-state index contributed by atoms with van der Waals surface area (Å²) >= 11 is 0. The zero-order valence-electron chi connectivity index (χ0n) is 13.3. The quantitative estimate of drug-likeness (QED) is 0.642. The van der Waals surface area contributed by atoms with Gasteiger partial charge in [-0.25, -0.2) is 0 Å². The number of hydrogen-bond donors (Lipinski definition) is 0. The van der Waals surface area contributed by atoms with Gasteiger partial charge in [-0.15, -0.1) is 0 Å². The van der Waals surface area contributed by atoms with Gasteiger partial charge < -0.3 is 9.47 Å². The highest BCUT2D eigenvalue weighted by Gasteiger charge is 2.79. The highest BCUT2D eigenvalue weighted by Crippen LogP contribution is 2.73. The predicted octanol–water partition coefficient (Wildman–Crippen LogP) is 2.04. The van der Waals surface area contributed by atoms with Crippen molar-refractivity contribution in [3.05, 3.63) is 23.3 Å². The molecule has 3 saturated heterocycles. The van der Waals surface area contributed by atoms with Crippen molar-refractivity contribution in [3.8, 4) is 0 Å². The van der Waals surface area contributed by atoms with E-state index in [-0.39, 0.29) is 47.3 Å². The Bertz CT molecular complexity index is 734. The van der Waals surface area contributed by atoms with Crippen molar-refractivity contribution in [2.24, 2.45) is 35.0 Å². The number of carbonyl (C=O) groups is 2. The van der Waals surface area contributed by atoms with E-state index in [9.17, 15) is 9.59 Å². The highest BCUT2D eigenvalue weighted by atomic mass is 16.6. The molecule has 0 radical (unpaired) electrons. The molecule has 1 spiro atoms. The van der Waals surface area contributed by atoms with E-state index in [1.54, 1.807) is 6.08 Å². The normalized spacial score (nSPS) is 57.8. The molecule has 6 fully saturated rings. The van der Waals surface area contributed by atoms with Gasteiger partial charge in [-0.3, -0.25) is 9.59 Å². The third-order valence-corrected chi connectivity index (χ3v) is 7.94. The number of hydrogen-bond acceptors (Lipinski definition) is 4. The van der Waals surface area contributed by atoms with E-state index in [2.05, 4.69) is 13.8 Å². The van der Waals surface area contributed by atoms with Crippen molar-refractivity contribution in [2.75, 3.05) is 0 Å². The molecular formula is C19H20O4. The van der Waals surface area contributed by atoms with Crippen LogP contribution in [-0.2, 0) is 19.1 Å². The lowest BCUT2D eigenvalue weighted by molar-refractivity contribution is -0.232. The summed E-state index contributed by atoms with van der Waals surface area (Å²) in [5, 5.41) is 0. The van der Waals surface area contributed by atoms with E-state index in [1.165, 1.54) is 5.57 Å². The summed E-state index contributed by atoms with van der Waals surface area (Å²) in [6.45, 7) is 4.25. The molecule has 0 aromatic rings. The van der Waals surface area contributed by atoms with Crippen LogP contribution in [0.25, 0.3) is 0 Å². The molecule has 0 aromatic carbocycles. The molecule has 23 heavy (non-hydrogen) atoms. The van der Waals surface area contributed by atoms with Crippen molar-refractivity contribution in [1.82, 2.24) is 0 Å². The van der Waals surface area contributed by atoms with Gasteiger partial charge in [0.2, 0.25) is 0 Å². The Labute approximate surface area is 134 Å². The van der Waals surface area contributed by atoms with Gasteiger partial charge in [-0.1, -0.05) is 18.1 Å². The molecule has 0 unspecified atom stereocenters. The smallest absolute Gasteiger partial charge is 0.313 e. The summed E-state index contributed by atoms with van der Waals surface area (Å²) in [5.41, 5.74) is 2.00. The Hall–Kier alpha value is -1.42. The number of rotatable bonds is 0. The average molecular weight is 312 g/mol. The van der Waals surface area contributed by atoms with Crippen LogP contribution >= 0.6 is 0 Å². The molecule has 0 aromatic heterocycles. The molecule has 4 heteroatoms. The van der Waals surface area contributed by atoms with Crippen LogP contribution in [0.1, 0.15) is 26.7 Å². The maximum Gasteiger partial charge on any atom is 0.313 e. The van der Waals surface area contributed by atoms with Crippen LogP contribution in [0.3, 0.4) is 0 Å². The second-order valence-corrected chi connectivity index (χ2v) is 8.43. The first kappa shape index (κ1) is 12.9. The minimum absolute atomic E-state index is 0.00801. The molecule has 3 heterocycles. The lowest BCUT2D eigenvalue weighted by Crippen LogP contribution is -2.67. The van der Waals surface area contributed by atoms with Crippen LogP contribution in [0.15, 0.2) is 23.3 Å². The molecule has 4 bridgehead atoms. The third kappa shape index (κ3) is 1.15. The molecule has 0 N–H and O–H groups in total. The van der Waals surface area contributed by atoms with Crippen LogP contribution in [0.4, 0.5) is 0 Å². The topological polar surface area (TPSA) is 52.6 Å². The monoisotopic (exact) mass is 312 g/mol. The van der Waals surface area contributed by atoms with Crippen LogP contribution in [0.2, 0.25) is 0 Å². The van der Waals surface area contributed by atoms with E-state index in [0.29, 0.717) is 17.8 Å². The molecule has 9 atom stereocenters. The van der Waals surface area contributed by atoms with Crippen LogP contribution in [0, 0.1) is 35.0 Å². The first-order valence-electron chi connectivity index (χ1n) is 8.83.